The van der Waals surface area contributed by atoms with Crippen LogP contribution < -0.4 is 10.7 Å². The van der Waals surface area contributed by atoms with E-state index < -0.39 is 6.17 Å². The first-order valence-electron chi connectivity index (χ1n) is 8.34. The summed E-state index contributed by atoms with van der Waals surface area (Å²) in [7, 11) is 0. The molecule has 1 atom stereocenters. The summed E-state index contributed by atoms with van der Waals surface area (Å²) in [6.07, 6.45) is -0.494. The smallest absolute Gasteiger partial charge is 0.276 e. The van der Waals surface area contributed by atoms with Crippen molar-refractivity contribution in [2.24, 2.45) is 0 Å². The number of hydrogen-bond acceptors (Lipinski definition) is 3. The van der Waals surface area contributed by atoms with Gasteiger partial charge in [-0.15, -0.1) is 0 Å². The highest BCUT2D eigenvalue weighted by molar-refractivity contribution is 6.03. The third-order valence-corrected chi connectivity index (χ3v) is 4.30. The van der Waals surface area contributed by atoms with Crippen molar-refractivity contribution < 1.29 is 9.59 Å². The third kappa shape index (κ3) is 2.91. The van der Waals surface area contributed by atoms with Gasteiger partial charge in [0.1, 0.15) is 6.17 Å². The van der Waals surface area contributed by atoms with Crippen molar-refractivity contribution in [3.63, 3.8) is 0 Å². The Morgan fingerprint density at radius 1 is 0.846 bits per heavy atom. The second-order valence-electron chi connectivity index (χ2n) is 5.99. The second kappa shape index (κ2) is 6.72. The van der Waals surface area contributed by atoms with Gasteiger partial charge in [-0.25, -0.2) is 5.01 Å². The molecule has 0 saturated carbocycles. The van der Waals surface area contributed by atoms with E-state index in [1.807, 2.05) is 48.5 Å². The van der Waals surface area contributed by atoms with Crippen molar-refractivity contribution in [3.05, 3.63) is 102 Å². The molecule has 1 aliphatic rings. The molecule has 1 aliphatic heterocycles. The fourth-order valence-corrected chi connectivity index (χ4v) is 3.00. The van der Waals surface area contributed by atoms with E-state index >= 15 is 0 Å². The highest BCUT2D eigenvalue weighted by atomic mass is 16.2. The summed E-state index contributed by atoms with van der Waals surface area (Å²) < 4.78 is 0. The lowest BCUT2D eigenvalue weighted by Gasteiger charge is -2.37. The van der Waals surface area contributed by atoms with Gasteiger partial charge in [-0.05, 0) is 29.8 Å². The first kappa shape index (κ1) is 15.9. The van der Waals surface area contributed by atoms with Crippen LogP contribution in [-0.2, 0) is 0 Å². The van der Waals surface area contributed by atoms with Crippen molar-refractivity contribution in [1.82, 2.24) is 10.4 Å². The number of para-hydroxylation sites is 1. The number of nitrogens with one attached hydrogen (secondary N) is 2. The summed E-state index contributed by atoms with van der Waals surface area (Å²) in [5.74, 6) is -0.585. The van der Waals surface area contributed by atoms with E-state index in [1.165, 1.54) is 5.01 Å². The molecule has 26 heavy (non-hydrogen) atoms. The van der Waals surface area contributed by atoms with Crippen LogP contribution in [0, 0.1) is 0 Å². The molecule has 3 aromatic rings. The molecule has 0 saturated heterocycles. The monoisotopic (exact) mass is 343 g/mol. The number of fused-ring (bicyclic) bond motifs is 1. The molecule has 5 nitrogen and oxygen atoms in total. The van der Waals surface area contributed by atoms with Crippen LogP contribution in [0.2, 0.25) is 0 Å². The molecule has 0 bridgehead atoms. The van der Waals surface area contributed by atoms with Gasteiger partial charge in [0, 0.05) is 11.3 Å². The number of benzene rings is 3. The number of anilines is 1. The maximum absolute atomic E-state index is 13.0. The Balaban J connectivity index is 1.71. The summed E-state index contributed by atoms with van der Waals surface area (Å²) in [6, 6.07) is 25.7. The molecule has 3 aromatic carbocycles. The molecule has 2 amide bonds. The zero-order chi connectivity index (χ0) is 17.9. The largest absolute Gasteiger partial charge is 0.359 e. The Hall–Kier alpha value is -3.60. The number of carbonyl (C=O) groups is 2. The predicted octanol–water partition coefficient (Wildman–Crippen LogP) is 3.60. The van der Waals surface area contributed by atoms with Crippen LogP contribution >= 0.6 is 0 Å². The van der Waals surface area contributed by atoms with Gasteiger partial charge >= 0.3 is 0 Å². The molecule has 0 aliphatic carbocycles. The molecule has 2 N–H and O–H groups in total. The SMILES string of the molecule is O=C(NN1C(=O)c2ccccc2N[C@@H]1c1ccccc1)c1ccccc1. The quantitative estimate of drug-likeness (QED) is 0.764. The minimum absolute atomic E-state index is 0.252. The summed E-state index contributed by atoms with van der Waals surface area (Å²) in [5.41, 5.74) is 5.39. The molecule has 0 fully saturated rings. The van der Waals surface area contributed by atoms with Crippen molar-refractivity contribution in [1.29, 1.82) is 0 Å². The van der Waals surface area contributed by atoms with E-state index in [9.17, 15) is 9.59 Å². The summed E-state index contributed by atoms with van der Waals surface area (Å²) in [6.45, 7) is 0. The van der Waals surface area contributed by atoms with Crippen LogP contribution in [0.3, 0.4) is 0 Å². The minimum Gasteiger partial charge on any atom is -0.359 e. The second-order valence-corrected chi connectivity index (χ2v) is 5.99. The number of hydrazine groups is 1. The molecular weight excluding hydrogens is 326 g/mol. The molecule has 5 heteroatoms. The zero-order valence-electron chi connectivity index (χ0n) is 13.9. The van der Waals surface area contributed by atoms with Gasteiger partial charge in [0.05, 0.1) is 5.56 Å². The summed E-state index contributed by atoms with van der Waals surface area (Å²) in [4.78, 5) is 25.7. The Labute approximate surface area is 151 Å². The Bertz CT molecular complexity index is 942. The van der Waals surface area contributed by atoms with E-state index in [-0.39, 0.29) is 11.8 Å². The molecule has 0 spiro atoms. The van der Waals surface area contributed by atoms with Crippen LogP contribution in [0.15, 0.2) is 84.9 Å². The van der Waals surface area contributed by atoms with Gasteiger partial charge in [-0.3, -0.25) is 15.0 Å². The first-order chi connectivity index (χ1) is 12.7. The fraction of sp³-hybridized carbons (Fsp3) is 0.0476. The van der Waals surface area contributed by atoms with Crippen LogP contribution in [0.5, 0.6) is 0 Å². The average molecular weight is 343 g/mol. The van der Waals surface area contributed by atoms with Gasteiger partial charge in [0.25, 0.3) is 11.8 Å². The van der Waals surface area contributed by atoms with Crippen LogP contribution in [0.1, 0.15) is 32.4 Å². The number of carbonyl (C=O) groups excluding carboxylic acids is 2. The molecule has 4 rings (SSSR count). The highest BCUT2D eigenvalue weighted by Gasteiger charge is 2.34. The molecular formula is C21H17N3O2. The first-order valence-corrected chi connectivity index (χ1v) is 8.34. The maximum atomic E-state index is 13.0. The van der Waals surface area contributed by atoms with E-state index in [0.717, 1.165) is 11.3 Å². The van der Waals surface area contributed by atoms with Gasteiger partial charge < -0.3 is 5.32 Å². The molecule has 128 valence electrons. The number of nitrogens with zero attached hydrogens (tertiary/aromatic N) is 1. The van der Waals surface area contributed by atoms with Crippen molar-refractivity contribution in [2.75, 3.05) is 5.32 Å². The van der Waals surface area contributed by atoms with Crippen LogP contribution in [0.4, 0.5) is 5.69 Å². The van der Waals surface area contributed by atoms with E-state index in [2.05, 4.69) is 10.7 Å². The third-order valence-electron chi connectivity index (χ3n) is 4.30. The van der Waals surface area contributed by atoms with Crippen molar-refractivity contribution in [3.8, 4) is 0 Å². The zero-order valence-corrected chi connectivity index (χ0v) is 13.9. The highest BCUT2D eigenvalue weighted by Crippen LogP contribution is 2.31. The van der Waals surface area contributed by atoms with Crippen LogP contribution in [0.25, 0.3) is 0 Å². The van der Waals surface area contributed by atoms with Crippen molar-refractivity contribution >= 4 is 17.5 Å². The van der Waals surface area contributed by atoms with E-state index in [4.69, 9.17) is 0 Å². The Kier molecular flexibility index (Phi) is 4.11. The molecule has 0 radical (unpaired) electrons. The van der Waals surface area contributed by atoms with Crippen LogP contribution in [-0.4, -0.2) is 16.8 Å². The van der Waals surface area contributed by atoms with E-state index in [0.29, 0.717) is 11.1 Å². The predicted molar refractivity (Wildman–Crippen MR) is 99.3 cm³/mol. The van der Waals surface area contributed by atoms with Gasteiger partial charge in [0.15, 0.2) is 0 Å². The fourth-order valence-electron chi connectivity index (χ4n) is 3.00. The molecule has 1 heterocycles. The van der Waals surface area contributed by atoms with Gasteiger partial charge in [-0.2, -0.15) is 0 Å². The lowest BCUT2D eigenvalue weighted by Crippen LogP contribution is -2.52. The lowest BCUT2D eigenvalue weighted by atomic mass is 10.0. The average Bonchev–Trinajstić information content (AvgIpc) is 2.71. The molecule has 0 unspecified atom stereocenters. The summed E-state index contributed by atoms with van der Waals surface area (Å²) >= 11 is 0. The Morgan fingerprint density at radius 3 is 2.19 bits per heavy atom. The standard InChI is InChI=1S/C21H17N3O2/c25-20(16-11-5-2-6-12-16)23-24-19(15-9-3-1-4-10-15)22-18-14-8-7-13-17(18)21(24)26/h1-14,19,22H,(H,23,25)/t19-/m0/s1. The minimum atomic E-state index is -0.494. The van der Waals surface area contributed by atoms with E-state index in [1.54, 1.807) is 36.4 Å². The molecule has 0 aromatic heterocycles. The maximum Gasteiger partial charge on any atom is 0.276 e. The number of hydrogen-bond donors (Lipinski definition) is 2. The number of rotatable bonds is 3. The topological polar surface area (TPSA) is 61.4 Å². The summed E-state index contributed by atoms with van der Waals surface area (Å²) in [5, 5.41) is 4.70. The Morgan fingerprint density at radius 2 is 1.46 bits per heavy atom. The lowest BCUT2D eigenvalue weighted by molar-refractivity contribution is 0.0491. The van der Waals surface area contributed by atoms with Gasteiger partial charge in [-0.1, -0.05) is 60.7 Å². The van der Waals surface area contributed by atoms with Crippen molar-refractivity contribution in [2.45, 2.75) is 6.17 Å². The van der Waals surface area contributed by atoms with Gasteiger partial charge in [0.2, 0.25) is 0 Å². The number of amides is 2. The normalized spacial score (nSPS) is 15.8.